The van der Waals surface area contributed by atoms with Crippen LogP contribution in [0.2, 0.25) is 0 Å². The van der Waals surface area contributed by atoms with Gasteiger partial charge in [-0.15, -0.1) is 0 Å². The van der Waals surface area contributed by atoms with Gasteiger partial charge < -0.3 is 16.0 Å². The number of nitrogens with two attached hydrogens (primary N) is 1. The molecule has 2 aromatic rings. The van der Waals surface area contributed by atoms with Crippen molar-refractivity contribution in [3.63, 3.8) is 0 Å². The third-order valence-corrected chi connectivity index (χ3v) is 7.28. The van der Waals surface area contributed by atoms with E-state index in [1.54, 1.807) is 30.5 Å². The van der Waals surface area contributed by atoms with E-state index < -0.39 is 10.0 Å². The Bertz CT molecular complexity index is 1150. The van der Waals surface area contributed by atoms with E-state index in [1.165, 1.54) is 10.6 Å². The van der Waals surface area contributed by atoms with Gasteiger partial charge >= 0.3 is 0 Å². The maximum atomic E-state index is 12.7. The molecular formula is C22H27N5O4S. The number of fused-ring (bicyclic) bond motifs is 1. The number of piperidine rings is 1. The first-order chi connectivity index (χ1) is 15.1. The van der Waals surface area contributed by atoms with Crippen LogP contribution in [0.4, 0.5) is 17.2 Å². The van der Waals surface area contributed by atoms with Crippen molar-refractivity contribution in [1.29, 1.82) is 0 Å². The monoisotopic (exact) mass is 457 g/mol. The number of amides is 2. The fourth-order valence-electron chi connectivity index (χ4n) is 4.52. The average Bonchev–Trinajstić information content (AvgIpc) is 3.09. The number of carbonyl (C=O) groups excluding carboxylic acids is 2. The van der Waals surface area contributed by atoms with Crippen LogP contribution in [0.15, 0.2) is 36.5 Å². The first-order valence-corrected chi connectivity index (χ1v) is 12.4. The molecule has 170 valence electrons. The van der Waals surface area contributed by atoms with Crippen LogP contribution >= 0.6 is 0 Å². The molecule has 2 unspecified atom stereocenters. The van der Waals surface area contributed by atoms with Crippen LogP contribution in [-0.4, -0.2) is 50.6 Å². The van der Waals surface area contributed by atoms with E-state index in [0.29, 0.717) is 29.9 Å². The number of benzene rings is 1. The Morgan fingerprint density at radius 2 is 2.00 bits per heavy atom. The van der Waals surface area contributed by atoms with Crippen LogP contribution in [0.3, 0.4) is 0 Å². The fourth-order valence-corrected chi connectivity index (χ4v) is 5.78. The SMILES string of the molecule is CC1Cc2cc(C(=O)Nc3ccc(N4CCCC(C(N)=O)C4)nc3)ccc2N1S(C)(=O)=O. The molecule has 3 N–H and O–H groups in total. The van der Waals surface area contributed by atoms with Crippen molar-refractivity contribution < 1.29 is 18.0 Å². The van der Waals surface area contributed by atoms with E-state index >= 15 is 0 Å². The topological polar surface area (TPSA) is 126 Å². The van der Waals surface area contributed by atoms with Gasteiger partial charge in [-0.2, -0.15) is 0 Å². The molecule has 9 nitrogen and oxygen atoms in total. The van der Waals surface area contributed by atoms with Crippen molar-refractivity contribution in [2.24, 2.45) is 11.7 Å². The number of pyridine rings is 1. The fraction of sp³-hybridized carbons (Fsp3) is 0.409. The Morgan fingerprint density at radius 3 is 2.66 bits per heavy atom. The zero-order valence-electron chi connectivity index (χ0n) is 18.1. The molecule has 1 saturated heterocycles. The van der Waals surface area contributed by atoms with Gasteiger partial charge in [0.05, 0.1) is 29.7 Å². The van der Waals surface area contributed by atoms with Crippen LogP contribution < -0.4 is 20.3 Å². The summed E-state index contributed by atoms with van der Waals surface area (Å²) in [6.45, 7) is 3.20. The molecule has 2 aliphatic heterocycles. The third-order valence-electron chi connectivity index (χ3n) is 6.01. The van der Waals surface area contributed by atoms with E-state index in [9.17, 15) is 18.0 Å². The summed E-state index contributed by atoms with van der Waals surface area (Å²) in [5, 5.41) is 2.83. The van der Waals surface area contributed by atoms with Crippen LogP contribution in [0, 0.1) is 5.92 Å². The minimum absolute atomic E-state index is 0.175. The molecule has 0 aliphatic carbocycles. The van der Waals surface area contributed by atoms with Crippen molar-refractivity contribution >= 4 is 39.0 Å². The molecule has 1 aromatic carbocycles. The molecule has 1 fully saturated rings. The molecule has 2 atom stereocenters. The number of nitrogens with one attached hydrogen (secondary N) is 1. The standard InChI is InChI=1S/C22H27N5O4S/c1-14-10-17-11-15(5-7-19(17)27(14)32(2,30)31)22(29)25-18-6-8-20(24-12-18)26-9-3-4-16(13-26)21(23)28/h5-8,11-12,14,16H,3-4,9-10,13H2,1-2H3,(H2,23,28)(H,25,29). The third kappa shape index (κ3) is 4.40. The van der Waals surface area contributed by atoms with Crippen LogP contribution in [-0.2, 0) is 21.2 Å². The van der Waals surface area contributed by atoms with Gasteiger partial charge in [-0.05, 0) is 62.1 Å². The van der Waals surface area contributed by atoms with Gasteiger partial charge in [-0.3, -0.25) is 13.9 Å². The van der Waals surface area contributed by atoms with E-state index in [2.05, 4.69) is 10.3 Å². The van der Waals surface area contributed by atoms with Crippen LogP contribution in [0.1, 0.15) is 35.7 Å². The van der Waals surface area contributed by atoms with Gasteiger partial charge in [-0.1, -0.05) is 0 Å². The summed E-state index contributed by atoms with van der Waals surface area (Å²) < 4.78 is 25.5. The number of hydrogen-bond acceptors (Lipinski definition) is 6. The van der Waals surface area contributed by atoms with Crippen LogP contribution in [0.5, 0.6) is 0 Å². The Kier molecular flexibility index (Phi) is 5.81. The van der Waals surface area contributed by atoms with Gasteiger partial charge in [0.15, 0.2) is 0 Å². The molecule has 0 saturated carbocycles. The molecule has 4 rings (SSSR count). The van der Waals surface area contributed by atoms with Crippen molar-refractivity contribution in [2.75, 3.05) is 33.9 Å². The first-order valence-electron chi connectivity index (χ1n) is 10.6. The Labute approximate surface area is 187 Å². The Morgan fingerprint density at radius 1 is 1.22 bits per heavy atom. The van der Waals surface area contributed by atoms with E-state index in [-0.39, 0.29) is 23.8 Å². The predicted octanol–water partition coefficient (Wildman–Crippen LogP) is 1.75. The smallest absolute Gasteiger partial charge is 0.255 e. The Balaban J connectivity index is 1.45. The molecule has 32 heavy (non-hydrogen) atoms. The highest BCUT2D eigenvalue weighted by Crippen LogP contribution is 2.34. The lowest BCUT2D eigenvalue weighted by Gasteiger charge is -2.32. The lowest BCUT2D eigenvalue weighted by molar-refractivity contribution is -0.122. The normalized spacial score (nSPS) is 20.7. The number of hydrogen-bond donors (Lipinski definition) is 2. The summed E-state index contributed by atoms with van der Waals surface area (Å²) in [6.07, 6.45) is 5.00. The lowest BCUT2D eigenvalue weighted by Crippen LogP contribution is -2.41. The zero-order chi connectivity index (χ0) is 23.0. The van der Waals surface area contributed by atoms with Gasteiger partial charge in [0, 0.05) is 24.7 Å². The van der Waals surface area contributed by atoms with Gasteiger partial charge in [-0.25, -0.2) is 13.4 Å². The molecule has 3 heterocycles. The minimum Gasteiger partial charge on any atom is -0.369 e. The highest BCUT2D eigenvalue weighted by atomic mass is 32.2. The number of nitrogens with zero attached hydrogens (tertiary/aromatic N) is 3. The van der Waals surface area contributed by atoms with Crippen molar-refractivity contribution in [3.05, 3.63) is 47.7 Å². The molecule has 10 heteroatoms. The van der Waals surface area contributed by atoms with E-state index in [4.69, 9.17) is 5.73 Å². The van der Waals surface area contributed by atoms with Crippen molar-refractivity contribution in [2.45, 2.75) is 32.2 Å². The molecular weight excluding hydrogens is 430 g/mol. The molecule has 1 aromatic heterocycles. The summed E-state index contributed by atoms with van der Waals surface area (Å²) in [7, 11) is -3.37. The maximum absolute atomic E-state index is 12.7. The van der Waals surface area contributed by atoms with Gasteiger partial charge in [0.25, 0.3) is 5.91 Å². The predicted molar refractivity (Wildman–Crippen MR) is 123 cm³/mol. The van der Waals surface area contributed by atoms with Crippen molar-refractivity contribution in [1.82, 2.24) is 4.98 Å². The molecule has 0 bridgehead atoms. The number of carbonyl (C=O) groups is 2. The molecule has 2 aliphatic rings. The van der Waals surface area contributed by atoms with Gasteiger partial charge in [0.1, 0.15) is 5.82 Å². The second-order valence-electron chi connectivity index (χ2n) is 8.50. The number of aromatic nitrogens is 1. The van der Waals surface area contributed by atoms with E-state index in [0.717, 1.165) is 30.8 Å². The lowest BCUT2D eigenvalue weighted by atomic mass is 9.97. The number of rotatable bonds is 5. The number of anilines is 3. The second-order valence-corrected chi connectivity index (χ2v) is 10.4. The van der Waals surface area contributed by atoms with Gasteiger partial charge in [0.2, 0.25) is 15.9 Å². The number of sulfonamides is 1. The molecule has 0 spiro atoms. The summed E-state index contributed by atoms with van der Waals surface area (Å²) in [5.41, 5.74) is 7.91. The summed E-state index contributed by atoms with van der Waals surface area (Å²) in [6, 6.07) is 8.46. The first kappa shape index (κ1) is 22.1. The summed E-state index contributed by atoms with van der Waals surface area (Å²) >= 11 is 0. The second kappa shape index (κ2) is 8.42. The van der Waals surface area contributed by atoms with Crippen molar-refractivity contribution in [3.8, 4) is 0 Å². The van der Waals surface area contributed by atoms with E-state index in [1.807, 2.05) is 17.9 Å². The minimum atomic E-state index is -3.37. The average molecular weight is 458 g/mol. The maximum Gasteiger partial charge on any atom is 0.255 e. The largest absolute Gasteiger partial charge is 0.369 e. The number of primary amides is 1. The Hall–Kier alpha value is -3.14. The molecule has 0 radical (unpaired) electrons. The quantitative estimate of drug-likeness (QED) is 0.705. The molecule has 2 amide bonds. The van der Waals surface area contributed by atoms with Crippen LogP contribution in [0.25, 0.3) is 0 Å². The zero-order valence-corrected chi connectivity index (χ0v) is 18.9. The summed E-state index contributed by atoms with van der Waals surface area (Å²) in [4.78, 5) is 30.7. The summed E-state index contributed by atoms with van der Waals surface area (Å²) in [5.74, 6) is -0.0195. The highest BCUT2D eigenvalue weighted by Gasteiger charge is 2.32. The highest BCUT2D eigenvalue weighted by molar-refractivity contribution is 7.92.